The Morgan fingerprint density at radius 2 is 1.04 bits per heavy atom. The summed E-state index contributed by atoms with van der Waals surface area (Å²) in [6, 6.07) is 39.6. The van der Waals surface area contributed by atoms with Crippen LogP contribution < -0.4 is 5.32 Å². The molecule has 8 nitrogen and oxygen atoms in total. The highest BCUT2D eigenvalue weighted by Gasteiger charge is 2.48. The van der Waals surface area contributed by atoms with Gasteiger partial charge in [0, 0.05) is 20.1 Å². The summed E-state index contributed by atoms with van der Waals surface area (Å²) in [6.45, 7) is 4.60. The summed E-state index contributed by atoms with van der Waals surface area (Å²) in [7, 11) is 0. The number of unbranched alkanes of at least 4 members (excludes halogenated alkanes) is 2. The lowest BCUT2D eigenvalue weighted by molar-refractivity contribution is -0.290. The predicted molar refractivity (Wildman–Crippen MR) is 188 cm³/mol. The van der Waals surface area contributed by atoms with E-state index >= 15 is 0 Å². The number of amides is 1. The molecule has 1 aliphatic rings. The minimum Gasteiger partial charge on any atom is -0.377 e. The molecule has 0 aromatic heterocycles. The molecule has 5 atom stereocenters. The van der Waals surface area contributed by atoms with E-state index in [2.05, 4.69) is 17.4 Å². The number of carbonyl (C=O) groups excluding carboxylic acids is 1. The van der Waals surface area contributed by atoms with Gasteiger partial charge in [-0.25, -0.2) is 0 Å². The van der Waals surface area contributed by atoms with Crippen LogP contribution in [0.3, 0.4) is 0 Å². The van der Waals surface area contributed by atoms with Crippen LogP contribution in [0.15, 0.2) is 121 Å². The topological polar surface area (TPSA) is 84.5 Å². The summed E-state index contributed by atoms with van der Waals surface area (Å²) >= 11 is 0. The van der Waals surface area contributed by atoms with Gasteiger partial charge in [-0.05, 0) is 41.5 Å². The summed E-state index contributed by atoms with van der Waals surface area (Å²) in [4.78, 5) is 12.6. The first-order chi connectivity index (χ1) is 24.2. The smallest absolute Gasteiger partial charge is 0.217 e. The minimum absolute atomic E-state index is 0.202. The zero-order valence-corrected chi connectivity index (χ0v) is 28.4. The van der Waals surface area contributed by atoms with Gasteiger partial charge < -0.3 is 33.7 Å². The number of rotatable bonds is 20. The van der Waals surface area contributed by atoms with Gasteiger partial charge in [-0.1, -0.05) is 121 Å². The second-order valence-electron chi connectivity index (χ2n) is 12.3. The van der Waals surface area contributed by atoms with Crippen molar-refractivity contribution in [1.82, 2.24) is 5.32 Å². The van der Waals surface area contributed by atoms with Crippen molar-refractivity contribution in [3.8, 4) is 0 Å². The molecule has 0 bridgehead atoms. The first-order valence-corrected chi connectivity index (χ1v) is 17.2. The van der Waals surface area contributed by atoms with Crippen molar-refractivity contribution in [2.45, 2.75) is 83.3 Å². The maximum absolute atomic E-state index is 12.6. The van der Waals surface area contributed by atoms with Gasteiger partial charge in [-0.2, -0.15) is 0 Å². The number of benzene rings is 4. The van der Waals surface area contributed by atoms with Gasteiger partial charge in [0.2, 0.25) is 5.91 Å². The van der Waals surface area contributed by atoms with E-state index in [1.165, 1.54) is 12.5 Å². The van der Waals surface area contributed by atoms with E-state index in [0.29, 0.717) is 39.6 Å². The van der Waals surface area contributed by atoms with Crippen molar-refractivity contribution in [1.29, 1.82) is 0 Å². The molecular formula is C41H49NO7. The van der Waals surface area contributed by atoms with E-state index in [1.807, 2.05) is 109 Å². The van der Waals surface area contributed by atoms with Crippen molar-refractivity contribution < 1.29 is 33.2 Å². The maximum Gasteiger partial charge on any atom is 0.217 e. The number of carbonyl (C=O) groups is 1. The molecule has 8 heteroatoms. The molecule has 1 amide bonds. The molecule has 1 N–H and O–H groups in total. The number of hydrogen-bond acceptors (Lipinski definition) is 7. The Balaban J connectivity index is 1.26. The molecule has 260 valence electrons. The van der Waals surface area contributed by atoms with E-state index < -0.39 is 30.6 Å². The van der Waals surface area contributed by atoms with Crippen molar-refractivity contribution >= 4 is 5.91 Å². The molecular weight excluding hydrogens is 618 g/mol. The lowest BCUT2D eigenvalue weighted by atomic mass is 9.95. The highest BCUT2D eigenvalue weighted by Crippen LogP contribution is 2.29. The van der Waals surface area contributed by atoms with Crippen LogP contribution in [0.25, 0.3) is 0 Å². The summed E-state index contributed by atoms with van der Waals surface area (Å²) < 4.78 is 38.3. The molecule has 0 aliphatic carbocycles. The fraction of sp³-hybridized carbons (Fsp3) is 0.390. The molecule has 1 heterocycles. The van der Waals surface area contributed by atoms with Gasteiger partial charge in [-0.3, -0.25) is 4.79 Å². The van der Waals surface area contributed by atoms with Crippen LogP contribution in [0.5, 0.6) is 0 Å². The van der Waals surface area contributed by atoms with E-state index in [-0.39, 0.29) is 12.5 Å². The largest absolute Gasteiger partial charge is 0.377 e. The van der Waals surface area contributed by atoms with Gasteiger partial charge in [0.25, 0.3) is 0 Å². The second kappa shape index (κ2) is 20.6. The lowest BCUT2D eigenvalue weighted by Crippen LogP contribution is -2.66. The van der Waals surface area contributed by atoms with Crippen LogP contribution in [0, 0.1) is 0 Å². The van der Waals surface area contributed by atoms with E-state index in [0.717, 1.165) is 36.0 Å². The van der Waals surface area contributed by atoms with E-state index in [1.54, 1.807) is 0 Å². The van der Waals surface area contributed by atoms with E-state index in [9.17, 15) is 4.79 Å². The molecule has 1 aliphatic heterocycles. The number of hydrogen-bond donors (Lipinski definition) is 1. The molecule has 1 fully saturated rings. The Hall–Kier alpha value is -3.89. The van der Waals surface area contributed by atoms with Crippen LogP contribution in [0.4, 0.5) is 0 Å². The number of nitrogens with one attached hydrogen (secondary N) is 1. The fourth-order valence-electron chi connectivity index (χ4n) is 5.82. The molecule has 0 radical (unpaired) electrons. The molecule has 4 aromatic rings. The monoisotopic (exact) mass is 667 g/mol. The zero-order chi connectivity index (χ0) is 33.9. The van der Waals surface area contributed by atoms with Gasteiger partial charge in [0.1, 0.15) is 24.4 Å². The summed E-state index contributed by atoms with van der Waals surface area (Å²) in [6.07, 6.45) is 0.259. The highest BCUT2D eigenvalue weighted by atomic mass is 16.7. The maximum atomic E-state index is 12.6. The van der Waals surface area contributed by atoms with Crippen LogP contribution in [-0.4, -0.2) is 56.4 Å². The molecule has 0 saturated carbocycles. The van der Waals surface area contributed by atoms with Gasteiger partial charge in [0.05, 0.1) is 33.0 Å². The van der Waals surface area contributed by atoms with Crippen molar-refractivity contribution in [2.24, 2.45) is 0 Å². The number of ether oxygens (including phenoxy) is 6. The Morgan fingerprint density at radius 3 is 1.57 bits per heavy atom. The Kier molecular flexibility index (Phi) is 15.3. The van der Waals surface area contributed by atoms with Crippen molar-refractivity contribution in [3.05, 3.63) is 144 Å². The zero-order valence-electron chi connectivity index (χ0n) is 28.4. The third-order valence-corrected chi connectivity index (χ3v) is 8.31. The van der Waals surface area contributed by atoms with Gasteiger partial charge in [0.15, 0.2) is 6.29 Å². The Morgan fingerprint density at radius 1 is 0.571 bits per heavy atom. The van der Waals surface area contributed by atoms with Gasteiger partial charge >= 0.3 is 0 Å². The molecule has 5 rings (SSSR count). The average Bonchev–Trinajstić information content (AvgIpc) is 3.13. The summed E-state index contributed by atoms with van der Waals surface area (Å²) in [5.74, 6) is -0.202. The van der Waals surface area contributed by atoms with Crippen LogP contribution >= 0.6 is 0 Å². The van der Waals surface area contributed by atoms with Crippen molar-refractivity contribution in [3.63, 3.8) is 0 Å². The third kappa shape index (κ3) is 12.5. The first-order valence-electron chi connectivity index (χ1n) is 17.2. The highest BCUT2D eigenvalue weighted by molar-refractivity contribution is 5.73. The molecule has 4 aromatic carbocycles. The van der Waals surface area contributed by atoms with Crippen LogP contribution in [0.2, 0.25) is 0 Å². The lowest BCUT2D eigenvalue weighted by Gasteiger charge is -2.46. The Bertz CT molecular complexity index is 1460. The SMILES string of the molecule is CC(=O)N[C@H]1C(OCCCCCOCc2ccccc2)O[C@H](COCc2ccccc2)[C@@H](OCc2ccccc2)[C@@H]1OCc1ccccc1. The van der Waals surface area contributed by atoms with Crippen molar-refractivity contribution in [2.75, 3.05) is 19.8 Å². The predicted octanol–water partition coefficient (Wildman–Crippen LogP) is 7.01. The normalized spacial score (nSPS) is 20.6. The average molecular weight is 668 g/mol. The minimum atomic E-state index is -0.763. The molecule has 1 unspecified atom stereocenters. The summed E-state index contributed by atoms with van der Waals surface area (Å²) in [5.41, 5.74) is 4.27. The second-order valence-corrected chi connectivity index (χ2v) is 12.3. The molecule has 0 spiro atoms. The fourth-order valence-corrected chi connectivity index (χ4v) is 5.82. The quantitative estimate of drug-likeness (QED) is 0.102. The van der Waals surface area contributed by atoms with E-state index in [4.69, 9.17) is 28.4 Å². The first kappa shape index (κ1) is 36.4. The molecule has 49 heavy (non-hydrogen) atoms. The van der Waals surface area contributed by atoms with Crippen LogP contribution in [0.1, 0.15) is 48.4 Å². The standard InChI is InChI=1S/C41H49NO7/c1-32(43)42-38-40(48-30-36-23-13-5-14-24-36)39(47-29-35-21-11-4-12-22-35)37(31-45-28-34-19-9-3-10-20-34)49-41(38)46-26-16-6-15-25-44-27-33-17-7-2-8-18-33/h2-5,7-14,17-24,37-41H,6,15-16,25-31H2,1H3,(H,42,43)/t37-,38-,39-,40-,41?/m1/s1. The Labute approximate surface area is 290 Å². The van der Waals surface area contributed by atoms with Crippen LogP contribution in [-0.2, 0) is 59.6 Å². The van der Waals surface area contributed by atoms with Gasteiger partial charge in [-0.15, -0.1) is 0 Å². The third-order valence-electron chi connectivity index (χ3n) is 8.31. The summed E-state index contributed by atoms with van der Waals surface area (Å²) in [5, 5.41) is 3.08. The molecule has 1 saturated heterocycles.